The van der Waals surface area contributed by atoms with Crippen LogP contribution in [-0.4, -0.2) is 19.0 Å². The number of nitriles is 1. The standard InChI is InChI=1S/C24H16N2O5S/c1-13-18(12-25)22(32-20(13)24(29)30-2)26-21(27)16-8-5-7-14(10-16)17-11-15-6-3-4-9-19(15)31-23(17)28/h3-11H,1-2H3,(H,26,27). The van der Waals surface area contributed by atoms with Crippen LogP contribution < -0.4 is 10.9 Å². The quantitative estimate of drug-likeness (QED) is 0.360. The van der Waals surface area contributed by atoms with Gasteiger partial charge in [-0.2, -0.15) is 5.26 Å². The fourth-order valence-electron chi connectivity index (χ4n) is 3.29. The molecule has 0 radical (unpaired) electrons. The van der Waals surface area contributed by atoms with E-state index in [2.05, 4.69) is 5.32 Å². The molecular formula is C24H16N2O5S. The number of benzene rings is 2. The maximum atomic E-state index is 12.9. The van der Waals surface area contributed by atoms with E-state index in [1.165, 1.54) is 7.11 Å². The molecule has 0 aliphatic heterocycles. The van der Waals surface area contributed by atoms with Gasteiger partial charge in [-0.25, -0.2) is 9.59 Å². The van der Waals surface area contributed by atoms with Crippen LogP contribution in [0.5, 0.6) is 0 Å². The van der Waals surface area contributed by atoms with E-state index in [1.807, 2.05) is 18.2 Å². The molecule has 0 saturated carbocycles. The van der Waals surface area contributed by atoms with Gasteiger partial charge in [0.05, 0.1) is 18.2 Å². The van der Waals surface area contributed by atoms with Crippen molar-refractivity contribution in [2.24, 2.45) is 0 Å². The molecule has 158 valence electrons. The number of thiophene rings is 1. The number of ether oxygens (including phenoxy) is 1. The van der Waals surface area contributed by atoms with E-state index in [0.29, 0.717) is 22.3 Å². The molecular weight excluding hydrogens is 428 g/mol. The Morgan fingerprint density at radius 3 is 2.66 bits per heavy atom. The lowest BCUT2D eigenvalue weighted by molar-refractivity contribution is 0.0605. The highest BCUT2D eigenvalue weighted by molar-refractivity contribution is 7.18. The Morgan fingerprint density at radius 1 is 1.12 bits per heavy atom. The Hall–Kier alpha value is -4.22. The minimum atomic E-state index is -0.575. The summed E-state index contributed by atoms with van der Waals surface area (Å²) in [5.41, 5.74) is 1.76. The van der Waals surface area contributed by atoms with E-state index in [9.17, 15) is 19.6 Å². The monoisotopic (exact) mass is 444 g/mol. The first-order valence-corrected chi connectivity index (χ1v) is 10.3. The maximum absolute atomic E-state index is 12.9. The van der Waals surface area contributed by atoms with E-state index in [4.69, 9.17) is 9.15 Å². The molecule has 0 aliphatic carbocycles. The fraction of sp³-hybridized carbons (Fsp3) is 0.0833. The second-order valence-corrected chi connectivity index (χ2v) is 7.90. The van der Waals surface area contributed by atoms with Gasteiger partial charge in [-0.3, -0.25) is 4.79 Å². The molecule has 0 spiro atoms. The number of para-hydroxylation sites is 1. The number of esters is 1. The van der Waals surface area contributed by atoms with Crippen molar-refractivity contribution in [2.75, 3.05) is 12.4 Å². The highest BCUT2D eigenvalue weighted by atomic mass is 32.1. The summed E-state index contributed by atoms with van der Waals surface area (Å²) in [6, 6.07) is 17.4. The first kappa shape index (κ1) is 21.0. The van der Waals surface area contributed by atoms with E-state index in [-0.39, 0.29) is 21.0 Å². The summed E-state index contributed by atoms with van der Waals surface area (Å²) in [5, 5.41) is 13.2. The number of anilines is 1. The SMILES string of the molecule is COC(=O)c1sc(NC(=O)c2cccc(-c3cc4ccccc4oc3=O)c2)c(C#N)c1C. The van der Waals surface area contributed by atoms with Crippen molar-refractivity contribution in [3.63, 3.8) is 0 Å². The number of amides is 1. The molecule has 4 rings (SSSR count). The Kier molecular flexibility index (Phi) is 5.58. The van der Waals surface area contributed by atoms with Crippen molar-refractivity contribution in [1.82, 2.24) is 0 Å². The van der Waals surface area contributed by atoms with Gasteiger partial charge in [0.2, 0.25) is 0 Å². The number of hydrogen-bond donors (Lipinski definition) is 1. The number of hydrogen-bond acceptors (Lipinski definition) is 7. The molecule has 0 unspecified atom stereocenters. The van der Waals surface area contributed by atoms with Crippen molar-refractivity contribution >= 4 is 39.2 Å². The summed E-state index contributed by atoms with van der Waals surface area (Å²) in [7, 11) is 1.25. The minimum Gasteiger partial charge on any atom is -0.465 e. The van der Waals surface area contributed by atoms with Gasteiger partial charge in [0.25, 0.3) is 5.91 Å². The van der Waals surface area contributed by atoms with Crippen molar-refractivity contribution in [3.8, 4) is 17.2 Å². The first-order valence-electron chi connectivity index (χ1n) is 9.49. The predicted octanol–water partition coefficient (Wildman–Crippen LogP) is 4.74. The van der Waals surface area contributed by atoms with Gasteiger partial charge in [-0.1, -0.05) is 30.3 Å². The van der Waals surface area contributed by atoms with Crippen LogP contribution in [0.2, 0.25) is 0 Å². The van der Waals surface area contributed by atoms with Gasteiger partial charge >= 0.3 is 11.6 Å². The molecule has 0 saturated heterocycles. The Morgan fingerprint density at radius 2 is 1.91 bits per heavy atom. The summed E-state index contributed by atoms with van der Waals surface area (Å²) in [6.45, 7) is 1.62. The zero-order valence-electron chi connectivity index (χ0n) is 17.1. The molecule has 2 aromatic heterocycles. The number of carbonyl (C=O) groups excluding carboxylic acids is 2. The molecule has 2 heterocycles. The topological polar surface area (TPSA) is 109 Å². The third-order valence-corrected chi connectivity index (χ3v) is 6.12. The normalized spacial score (nSPS) is 10.5. The van der Waals surface area contributed by atoms with Crippen molar-refractivity contribution < 1.29 is 18.7 Å². The zero-order chi connectivity index (χ0) is 22.8. The van der Waals surface area contributed by atoms with Crippen LogP contribution in [0.3, 0.4) is 0 Å². The molecule has 1 N–H and O–H groups in total. The van der Waals surface area contributed by atoms with Gasteiger partial charge in [-0.05, 0) is 42.3 Å². The highest BCUT2D eigenvalue weighted by Crippen LogP contribution is 2.33. The number of nitrogens with one attached hydrogen (secondary N) is 1. The van der Waals surface area contributed by atoms with Gasteiger partial charge < -0.3 is 14.5 Å². The molecule has 4 aromatic rings. The van der Waals surface area contributed by atoms with Crippen molar-refractivity contribution in [3.05, 3.63) is 86.6 Å². The van der Waals surface area contributed by atoms with Crippen LogP contribution >= 0.6 is 11.3 Å². The number of nitrogens with zero attached hydrogens (tertiary/aromatic N) is 1. The molecule has 1 amide bonds. The maximum Gasteiger partial charge on any atom is 0.348 e. The molecule has 0 bridgehead atoms. The van der Waals surface area contributed by atoms with E-state index in [0.717, 1.165) is 16.7 Å². The van der Waals surface area contributed by atoms with Crippen LogP contribution in [0.25, 0.3) is 22.1 Å². The molecule has 7 nitrogen and oxygen atoms in total. The van der Waals surface area contributed by atoms with Crippen LogP contribution in [0.15, 0.2) is 63.8 Å². The smallest absolute Gasteiger partial charge is 0.348 e. The highest BCUT2D eigenvalue weighted by Gasteiger charge is 2.22. The summed E-state index contributed by atoms with van der Waals surface area (Å²) < 4.78 is 10.1. The molecule has 0 aliphatic rings. The van der Waals surface area contributed by atoms with Crippen LogP contribution in [0.1, 0.15) is 31.2 Å². The number of fused-ring (bicyclic) bond motifs is 1. The lowest BCUT2D eigenvalue weighted by Gasteiger charge is -2.07. The van der Waals surface area contributed by atoms with Gasteiger partial charge in [-0.15, -0.1) is 11.3 Å². The van der Waals surface area contributed by atoms with Crippen LogP contribution in [0.4, 0.5) is 5.00 Å². The number of rotatable bonds is 4. The zero-order valence-corrected chi connectivity index (χ0v) is 17.9. The van der Waals surface area contributed by atoms with E-state index in [1.54, 1.807) is 49.4 Å². The molecule has 8 heteroatoms. The third-order valence-electron chi connectivity index (χ3n) is 4.93. The molecule has 2 aromatic carbocycles. The Bertz CT molecular complexity index is 1480. The van der Waals surface area contributed by atoms with E-state index < -0.39 is 17.5 Å². The first-order chi connectivity index (χ1) is 15.4. The molecule has 0 fully saturated rings. The van der Waals surface area contributed by atoms with Gasteiger partial charge in [0, 0.05) is 10.9 Å². The largest absolute Gasteiger partial charge is 0.465 e. The van der Waals surface area contributed by atoms with Crippen LogP contribution in [-0.2, 0) is 4.74 Å². The summed E-state index contributed by atoms with van der Waals surface area (Å²) in [6.07, 6.45) is 0. The minimum absolute atomic E-state index is 0.204. The number of methoxy groups -OCH3 is 1. The summed E-state index contributed by atoms with van der Waals surface area (Å²) in [5.74, 6) is -1.05. The van der Waals surface area contributed by atoms with Gasteiger partial charge in [0.1, 0.15) is 21.5 Å². The number of carbonyl (C=O) groups is 2. The average molecular weight is 444 g/mol. The van der Waals surface area contributed by atoms with Crippen molar-refractivity contribution in [1.29, 1.82) is 5.26 Å². The Labute approximate surface area is 186 Å². The average Bonchev–Trinajstić information content (AvgIpc) is 3.12. The fourth-order valence-corrected chi connectivity index (χ4v) is 4.36. The second-order valence-electron chi connectivity index (χ2n) is 6.88. The van der Waals surface area contributed by atoms with E-state index >= 15 is 0 Å². The summed E-state index contributed by atoms with van der Waals surface area (Å²) in [4.78, 5) is 37.5. The molecule has 0 atom stereocenters. The lowest BCUT2D eigenvalue weighted by Crippen LogP contribution is -2.12. The van der Waals surface area contributed by atoms with Crippen molar-refractivity contribution in [2.45, 2.75) is 6.92 Å². The predicted molar refractivity (Wildman–Crippen MR) is 121 cm³/mol. The lowest BCUT2D eigenvalue weighted by atomic mass is 10.0. The Balaban J connectivity index is 1.69. The van der Waals surface area contributed by atoms with Gasteiger partial charge in [0.15, 0.2) is 0 Å². The summed E-state index contributed by atoms with van der Waals surface area (Å²) >= 11 is 0.977. The van der Waals surface area contributed by atoms with Crippen LogP contribution in [0, 0.1) is 18.3 Å². The molecule has 32 heavy (non-hydrogen) atoms. The third kappa shape index (κ3) is 3.77. The second kappa shape index (κ2) is 8.49.